The minimum absolute atomic E-state index is 0.0425. The lowest BCUT2D eigenvalue weighted by atomic mass is 9.83. The largest absolute Gasteiger partial charge is 0.549 e. The van der Waals surface area contributed by atoms with E-state index in [1.165, 1.54) is 24.3 Å². The maximum absolute atomic E-state index is 11.7. The van der Waals surface area contributed by atoms with Crippen LogP contribution in [0.2, 0.25) is 0 Å². The van der Waals surface area contributed by atoms with Crippen LogP contribution in [0.25, 0.3) is 10.2 Å². The van der Waals surface area contributed by atoms with Gasteiger partial charge in [0.1, 0.15) is 0 Å². The first-order valence-electron chi connectivity index (χ1n) is 8.10. The Morgan fingerprint density at radius 1 is 1.31 bits per heavy atom. The smallest absolute Gasteiger partial charge is 0.151 e. The maximum atomic E-state index is 11.7. The molecule has 0 fully saturated rings. The highest BCUT2D eigenvalue weighted by Gasteiger charge is 2.37. The first-order chi connectivity index (χ1) is 12.0. The fraction of sp³-hybridized carbons (Fsp3) is 0.421. The number of carboxylic acid groups (broad SMARTS) is 2. The van der Waals surface area contributed by atoms with Gasteiger partial charge in [0.05, 0.1) is 21.4 Å². The molecule has 0 amide bonds. The third-order valence-corrected chi connectivity index (χ3v) is 6.93. The summed E-state index contributed by atoms with van der Waals surface area (Å²) in [4.78, 5) is 27.8. The van der Waals surface area contributed by atoms with Crippen molar-refractivity contribution < 1.29 is 19.8 Å². The maximum Gasteiger partial charge on any atom is 0.151 e. The number of hydrogen-bond acceptors (Lipinski definition) is 7. The van der Waals surface area contributed by atoms with Crippen molar-refractivity contribution in [3.8, 4) is 0 Å². The van der Waals surface area contributed by atoms with E-state index in [4.69, 9.17) is 0 Å². The molecule has 0 N–H and O–H groups in total. The van der Waals surface area contributed by atoms with Crippen LogP contribution in [-0.2, 0) is 15.0 Å². The highest BCUT2D eigenvalue weighted by molar-refractivity contribution is 8.02. The average molecular weight is 392 g/mol. The number of fused-ring (bicyclic) bond motifs is 1. The van der Waals surface area contributed by atoms with Crippen LogP contribution in [0.15, 0.2) is 35.2 Å². The predicted octanol–water partition coefficient (Wildman–Crippen LogP) is 2.14. The van der Waals surface area contributed by atoms with Gasteiger partial charge in [-0.1, -0.05) is 57.7 Å². The standard InChI is InChI=1S/C19H23NO4S2/c1-6-10-19(5,16(23)24)14(15(21)22)26-17-20-12-9-7-8-11(13(12)25-17)18(2,3)4/h6-9,14H,1,10H2,2-5H3,(H,21,22)(H,23,24)/p-2. The van der Waals surface area contributed by atoms with Crippen LogP contribution in [0.5, 0.6) is 0 Å². The summed E-state index contributed by atoms with van der Waals surface area (Å²) in [6.45, 7) is 11.1. The molecule has 2 unspecified atom stereocenters. The summed E-state index contributed by atoms with van der Waals surface area (Å²) in [7, 11) is 0. The summed E-state index contributed by atoms with van der Waals surface area (Å²) in [5.41, 5.74) is 0.138. The molecule has 5 nitrogen and oxygen atoms in total. The van der Waals surface area contributed by atoms with E-state index in [1.54, 1.807) is 0 Å². The fourth-order valence-corrected chi connectivity index (χ4v) is 5.36. The third kappa shape index (κ3) is 3.94. The Labute approximate surface area is 161 Å². The molecule has 0 radical (unpaired) electrons. The van der Waals surface area contributed by atoms with Crippen molar-refractivity contribution >= 4 is 45.3 Å². The fourth-order valence-electron chi connectivity index (χ4n) is 2.71. The van der Waals surface area contributed by atoms with Crippen LogP contribution in [0.1, 0.15) is 39.7 Å². The average Bonchev–Trinajstić information content (AvgIpc) is 2.93. The van der Waals surface area contributed by atoms with Crippen LogP contribution in [-0.4, -0.2) is 22.2 Å². The van der Waals surface area contributed by atoms with Crippen LogP contribution in [0, 0.1) is 5.41 Å². The van der Waals surface area contributed by atoms with Gasteiger partial charge in [0.15, 0.2) is 4.34 Å². The van der Waals surface area contributed by atoms with E-state index in [2.05, 4.69) is 32.3 Å². The molecule has 1 aromatic carbocycles. The topological polar surface area (TPSA) is 93.2 Å². The highest BCUT2D eigenvalue weighted by atomic mass is 32.2. The molecule has 26 heavy (non-hydrogen) atoms. The van der Waals surface area contributed by atoms with E-state index in [1.807, 2.05) is 18.2 Å². The second-order valence-corrected chi connectivity index (χ2v) is 9.75. The normalized spacial score (nSPS) is 15.4. The first kappa shape index (κ1) is 20.5. The number of carbonyl (C=O) groups is 2. The van der Waals surface area contributed by atoms with Crippen LogP contribution in [0.4, 0.5) is 0 Å². The van der Waals surface area contributed by atoms with Gasteiger partial charge < -0.3 is 19.8 Å². The number of carboxylic acids is 2. The van der Waals surface area contributed by atoms with E-state index in [0.717, 1.165) is 27.5 Å². The van der Waals surface area contributed by atoms with Gasteiger partial charge in [0.25, 0.3) is 0 Å². The van der Waals surface area contributed by atoms with Gasteiger partial charge in [-0.25, -0.2) is 4.98 Å². The van der Waals surface area contributed by atoms with Gasteiger partial charge in [-0.2, -0.15) is 0 Å². The van der Waals surface area contributed by atoms with E-state index in [-0.39, 0.29) is 11.8 Å². The number of hydrogen-bond donors (Lipinski definition) is 0. The van der Waals surface area contributed by atoms with Crippen molar-refractivity contribution in [1.29, 1.82) is 0 Å². The molecule has 140 valence electrons. The zero-order valence-corrected chi connectivity index (χ0v) is 16.8. The Kier molecular flexibility index (Phi) is 5.82. The Balaban J connectivity index is 2.49. The molecule has 0 aliphatic carbocycles. The summed E-state index contributed by atoms with van der Waals surface area (Å²) >= 11 is 2.26. The molecule has 1 aromatic heterocycles. The van der Waals surface area contributed by atoms with Crippen LogP contribution < -0.4 is 10.2 Å². The minimum Gasteiger partial charge on any atom is -0.549 e. The molecule has 0 saturated heterocycles. The quantitative estimate of drug-likeness (QED) is 0.530. The number of aromatic nitrogens is 1. The molecule has 0 aliphatic rings. The summed E-state index contributed by atoms with van der Waals surface area (Å²) in [5, 5.41) is 22.0. The lowest BCUT2D eigenvalue weighted by Gasteiger charge is -2.37. The zero-order chi connectivity index (χ0) is 19.7. The number of benzene rings is 1. The monoisotopic (exact) mass is 391 g/mol. The number of aliphatic carboxylic acids is 2. The second kappa shape index (κ2) is 7.40. The summed E-state index contributed by atoms with van der Waals surface area (Å²) in [5.74, 6) is -2.91. The summed E-state index contributed by atoms with van der Waals surface area (Å²) in [6, 6.07) is 5.80. The van der Waals surface area contributed by atoms with Gasteiger partial charge >= 0.3 is 0 Å². The molecule has 0 aliphatic heterocycles. The molecule has 2 rings (SSSR count). The molecule has 2 atom stereocenters. The molecular formula is C19H21NO4S2-2. The molecule has 0 saturated carbocycles. The lowest BCUT2D eigenvalue weighted by molar-refractivity contribution is -0.326. The van der Waals surface area contributed by atoms with Crippen LogP contribution >= 0.6 is 23.1 Å². The van der Waals surface area contributed by atoms with Crippen molar-refractivity contribution in [2.45, 2.75) is 49.1 Å². The molecule has 0 bridgehead atoms. The molecule has 1 heterocycles. The number of nitrogens with zero attached hydrogens (tertiary/aromatic N) is 1. The van der Waals surface area contributed by atoms with Gasteiger partial charge in [0.2, 0.25) is 0 Å². The highest BCUT2D eigenvalue weighted by Crippen LogP contribution is 2.42. The summed E-state index contributed by atoms with van der Waals surface area (Å²) in [6.07, 6.45) is 1.33. The van der Waals surface area contributed by atoms with Crippen molar-refractivity contribution in [1.82, 2.24) is 4.98 Å². The number of thiazole rings is 1. The third-order valence-electron chi connectivity index (χ3n) is 4.25. The van der Waals surface area contributed by atoms with Crippen LogP contribution in [0.3, 0.4) is 0 Å². The number of thioether (sulfide) groups is 1. The van der Waals surface area contributed by atoms with E-state index in [0.29, 0.717) is 4.34 Å². The lowest BCUT2D eigenvalue weighted by Crippen LogP contribution is -2.53. The van der Waals surface area contributed by atoms with E-state index in [9.17, 15) is 19.8 Å². The van der Waals surface area contributed by atoms with Crippen molar-refractivity contribution in [3.63, 3.8) is 0 Å². The Morgan fingerprint density at radius 2 is 1.96 bits per heavy atom. The second-order valence-electron chi connectivity index (χ2n) is 7.40. The molecule has 0 spiro atoms. The number of carbonyl (C=O) groups excluding carboxylic acids is 2. The van der Waals surface area contributed by atoms with E-state index < -0.39 is 22.6 Å². The molecular weight excluding hydrogens is 370 g/mol. The van der Waals surface area contributed by atoms with Gasteiger partial charge in [0, 0.05) is 11.4 Å². The Morgan fingerprint density at radius 3 is 2.46 bits per heavy atom. The van der Waals surface area contributed by atoms with Crippen molar-refractivity contribution in [3.05, 3.63) is 36.4 Å². The first-order valence-corrected chi connectivity index (χ1v) is 9.80. The predicted molar refractivity (Wildman–Crippen MR) is 101 cm³/mol. The molecule has 2 aromatic rings. The van der Waals surface area contributed by atoms with Gasteiger partial charge in [-0.3, -0.25) is 0 Å². The summed E-state index contributed by atoms with van der Waals surface area (Å²) < 4.78 is 1.46. The zero-order valence-electron chi connectivity index (χ0n) is 15.2. The van der Waals surface area contributed by atoms with Crippen molar-refractivity contribution in [2.75, 3.05) is 0 Å². The Bertz CT molecular complexity index is 853. The SMILES string of the molecule is C=CCC(C)(C(=O)[O-])C(Sc1nc2cccc(C(C)(C)C)c2s1)C(=O)[O-]. The van der Waals surface area contributed by atoms with Crippen molar-refractivity contribution in [2.24, 2.45) is 5.41 Å². The Hall–Kier alpha value is -1.86. The minimum atomic E-state index is -1.64. The number of rotatable bonds is 7. The van der Waals surface area contributed by atoms with Gasteiger partial charge in [-0.05, 0) is 23.5 Å². The van der Waals surface area contributed by atoms with Gasteiger partial charge in [-0.15, -0.1) is 17.9 Å². The molecule has 7 heteroatoms. The number of allylic oxidation sites excluding steroid dienone is 1. The van der Waals surface area contributed by atoms with E-state index >= 15 is 0 Å².